The van der Waals surface area contributed by atoms with E-state index in [1.807, 2.05) is 38.1 Å². The second kappa shape index (κ2) is 10.1. The Kier molecular flexibility index (Phi) is 7.52. The van der Waals surface area contributed by atoms with Gasteiger partial charge >= 0.3 is 5.97 Å². The van der Waals surface area contributed by atoms with Crippen LogP contribution in [-0.2, 0) is 14.3 Å². The molecule has 0 unspecified atom stereocenters. The van der Waals surface area contributed by atoms with Gasteiger partial charge in [-0.25, -0.2) is 9.18 Å². The average Bonchev–Trinajstić information content (AvgIpc) is 2.67. The summed E-state index contributed by atoms with van der Waals surface area (Å²) in [6.45, 7) is 2.79. The lowest BCUT2D eigenvalue weighted by Gasteiger charge is -2.22. The summed E-state index contributed by atoms with van der Waals surface area (Å²) < 4.78 is 24.5. The molecule has 0 atom stereocenters. The molecule has 0 aliphatic rings. The van der Waals surface area contributed by atoms with Gasteiger partial charge < -0.3 is 14.4 Å². The van der Waals surface area contributed by atoms with Crippen LogP contribution in [0.5, 0.6) is 5.75 Å². The van der Waals surface area contributed by atoms with Crippen molar-refractivity contribution in [2.75, 3.05) is 24.7 Å². The summed E-state index contributed by atoms with van der Waals surface area (Å²) in [6.07, 6.45) is 0.0176. The number of benzene rings is 2. The van der Waals surface area contributed by atoms with Crippen molar-refractivity contribution in [1.29, 1.82) is 5.26 Å². The highest BCUT2D eigenvalue weighted by molar-refractivity contribution is 5.95. The maximum absolute atomic E-state index is 14.0. The number of hydrogen-bond acceptors (Lipinski definition) is 5. The fraction of sp³-hybridized carbons (Fsp3) is 0.286. The van der Waals surface area contributed by atoms with E-state index in [9.17, 15) is 14.0 Å². The van der Waals surface area contributed by atoms with E-state index in [0.29, 0.717) is 5.75 Å². The number of nitriles is 1. The number of nitrogens with zero attached hydrogens (tertiary/aromatic N) is 2. The Hall–Kier alpha value is -3.40. The fourth-order valence-electron chi connectivity index (χ4n) is 2.63. The topological polar surface area (TPSA) is 79.6 Å². The van der Waals surface area contributed by atoms with Crippen molar-refractivity contribution in [3.05, 3.63) is 59.4 Å². The lowest BCUT2D eigenvalue weighted by molar-refractivity contribution is -0.149. The third-order valence-electron chi connectivity index (χ3n) is 3.99. The first-order valence-electron chi connectivity index (χ1n) is 8.70. The lowest BCUT2D eigenvalue weighted by atomic mass is 10.1. The number of halogens is 1. The van der Waals surface area contributed by atoms with Crippen molar-refractivity contribution in [3.8, 4) is 11.8 Å². The van der Waals surface area contributed by atoms with Gasteiger partial charge in [0.1, 0.15) is 11.6 Å². The van der Waals surface area contributed by atoms with Crippen LogP contribution >= 0.6 is 0 Å². The minimum absolute atomic E-state index is 0.00722. The second-order valence-corrected chi connectivity index (χ2v) is 6.08. The van der Waals surface area contributed by atoms with Gasteiger partial charge in [0, 0.05) is 6.54 Å². The molecule has 0 radical (unpaired) electrons. The molecule has 7 heteroatoms. The van der Waals surface area contributed by atoms with Crippen molar-refractivity contribution in [1.82, 2.24) is 0 Å². The van der Waals surface area contributed by atoms with Gasteiger partial charge in [0.15, 0.2) is 13.2 Å². The van der Waals surface area contributed by atoms with E-state index in [-0.39, 0.29) is 25.3 Å². The number of carbonyl (C=O) groups is 2. The monoisotopic (exact) mass is 384 g/mol. The van der Waals surface area contributed by atoms with Crippen molar-refractivity contribution < 1.29 is 23.5 Å². The van der Waals surface area contributed by atoms with Crippen LogP contribution in [0.25, 0.3) is 0 Å². The Bertz CT molecular complexity index is 872. The van der Waals surface area contributed by atoms with Gasteiger partial charge in [-0.1, -0.05) is 30.3 Å². The summed E-state index contributed by atoms with van der Waals surface area (Å²) in [5.41, 5.74) is 1.79. The quantitative estimate of drug-likeness (QED) is 0.653. The standard InChI is InChI=1S/C21H21FN2O4/c1-15-7-5-8-16(2)21(15)28-14-20(26)27-13-19(25)24(12-6-11-23)18-10-4-3-9-17(18)22/h3-5,7-10H,6,12-14H2,1-2H3. The molecule has 0 fully saturated rings. The predicted molar refractivity (Wildman–Crippen MR) is 101 cm³/mol. The molecule has 28 heavy (non-hydrogen) atoms. The van der Waals surface area contributed by atoms with E-state index in [0.717, 1.165) is 16.0 Å². The summed E-state index contributed by atoms with van der Waals surface area (Å²) in [5.74, 6) is -1.35. The second-order valence-electron chi connectivity index (χ2n) is 6.08. The number of rotatable bonds is 8. The molecule has 0 heterocycles. The zero-order chi connectivity index (χ0) is 20.5. The molecule has 2 aromatic rings. The van der Waals surface area contributed by atoms with Crippen LogP contribution in [0.1, 0.15) is 17.5 Å². The first kappa shape index (κ1) is 20.9. The number of para-hydroxylation sites is 2. The fourth-order valence-corrected chi connectivity index (χ4v) is 2.63. The number of anilines is 1. The SMILES string of the molecule is Cc1cccc(C)c1OCC(=O)OCC(=O)N(CCC#N)c1ccccc1F. The summed E-state index contributed by atoms with van der Waals surface area (Å²) in [7, 11) is 0. The normalized spacial score (nSPS) is 10.1. The number of hydrogen-bond donors (Lipinski definition) is 0. The smallest absolute Gasteiger partial charge is 0.344 e. The van der Waals surface area contributed by atoms with E-state index in [2.05, 4.69) is 0 Å². The van der Waals surface area contributed by atoms with E-state index in [4.69, 9.17) is 14.7 Å². The number of esters is 1. The first-order valence-corrected chi connectivity index (χ1v) is 8.70. The van der Waals surface area contributed by atoms with E-state index in [1.54, 1.807) is 6.07 Å². The van der Waals surface area contributed by atoms with Crippen LogP contribution in [0.3, 0.4) is 0 Å². The molecule has 6 nitrogen and oxygen atoms in total. The minimum Gasteiger partial charge on any atom is -0.481 e. The number of aryl methyl sites for hydroxylation is 2. The van der Waals surface area contributed by atoms with Gasteiger partial charge in [0.25, 0.3) is 5.91 Å². The van der Waals surface area contributed by atoms with E-state index in [1.165, 1.54) is 18.2 Å². The third kappa shape index (κ3) is 5.55. The van der Waals surface area contributed by atoms with Crippen LogP contribution in [0.4, 0.5) is 10.1 Å². The first-order chi connectivity index (χ1) is 13.4. The van der Waals surface area contributed by atoms with Crippen molar-refractivity contribution in [2.24, 2.45) is 0 Å². The molecule has 0 bridgehead atoms. The average molecular weight is 384 g/mol. The van der Waals surface area contributed by atoms with Crippen LogP contribution in [0, 0.1) is 31.0 Å². The lowest BCUT2D eigenvalue weighted by Crippen LogP contribution is -2.36. The highest BCUT2D eigenvalue weighted by Gasteiger charge is 2.20. The molecule has 2 rings (SSSR count). The van der Waals surface area contributed by atoms with Crippen LogP contribution < -0.4 is 9.64 Å². The van der Waals surface area contributed by atoms with Gasteiger partial charge in [0.05, 0.1) is 18.2 Å². The van der Waals surface area contributed by atoms with Crippen LogP contribution in [0.15, 0.2) is 42.5 Å². The van der Waals surface area contributed by atoms with Crippen molar-refractivity contribution in [2.45, 2.75) is 20.3 Å². The predicted octanol–water partition coefficient (Wildman–Crippen LogP) is 3.31. The number of ether oxygens (including phenoxy) is 2. The van der Waals surface area contributed by atoms with Gasteiger partial charge in [-0.2, -0.15) is 5.26 Å². The van der Waals surface area contributed by atoms with Crippen molar-refractivity contribution >= 4 is 17.6 Å². The molecule has 0 spiro atoms. The Balaban J connectivity index is 1.95. The molecule has 0 aromatic heterocycles. The Morgan fingerprint density at radius 3 is 2.39 bits per heavy atom. The Morgan fingerprint density at radius 1 is 1.07 bits per heavy atom. The Morgan fingerprint density at radius 2 is 1.75 bits per heavy atom. The van der Waals surface area contributed by atoms with Gasteiger partial charge in [-0.3, -0.25) is 4.79 Å². The summed E-state index contributed by atoms with van der Waals surface area (Å²) in [6, 6.07) is 13.2. The van der Waals surface area contributed by atoms with Gasteiger partial charge in [-0.05, 0) is 37.1 Å². The van der Waals surface area contributed by atoms with Gasteiger partial charge in [-0.15, -0.1) is 0 Å². The highest BCUT2D eigenvalue weighted by atomic mass is 19.1. The molecule has 0 saturated carbocycles. The molecule has 2 aromatic carbocycles. The minimum atomic E-state index is -0.718. The summed E-state index contributed by atoms with van der Waals surface area (Å²) in [4.78, 5) is 25.5. The highest BCUT2D eigenvalue weighted by Crippen LogP contribution is 2.22. The molecule has 1 amide bonds. The number of carbonyl (C=O) groups excluding carboxylic acids is 2. The van der Waals surface area contributed by atoms with Crippen LogP contribution in [-0.4, -0.2) is 31.6 Å². The molecule has 146 valence electrons. The Labute approximate surface area is 163 Å². The maximum atomic E-state index is 14.0. The molecular formula is C21H21FN2O4. The third-order valence-corrected chi connectivity index (χ3v) is 3.99. The van der Waals surface area contributed by atoms with Crippen LogP contribution in [0.2, 0.25) is 0 Å². The van der Waals surface area contributed by atoms with E-state index < -0.39 is 24.3 Å². The zero-order valence-corrected chi connectivity index (χ0v) is 15.8. The molecule has 0 N–H and O–H groups in total. The number of amides is 1. The van der Waals surface area contributed by atoms with Crippen molar-refractivity contribution in [3.63, 3.8) is 0 Å². The molecule has 0 saturated heterocycles. The zero-order valence-electron chi connectivity index (χ0n) is 15.8. The molecular weight excluding hydrogens is 363 g/mol. The van der Waals surface area contributed by atoms with Gasteiger partial charge in [0.2, 0.25) is 0 Å². The summed E-state index contributed by atoms with van der Waals surface area (Å²) >= 11 is 0. The van der Waals surface area contributed by atoms with E-state index >= 15 is 0 Å². The summed E-state index contributed by atoms with van der Waals surface area (Å²) in [5, 5.41) is 8.77. The molecule has 0 aliphatic heterocycles. The molecule has 0 aliphatic carbocycles. The maximum Gasteiger partial charge on any atom is 0.344 e. The largest absolute Gasteiger partial charge is 0.481 e.